The van der Waals surface area contributed by atoms with Crippen LogP contribution >= 0.6 is 0 Å². The molecule has 6 heteroatoms. The van der Waals surface area contributed by atoms with Crippen molar-refractivity contribution in [3.05, 3.63) is 36.2 Å². The summed E-state index contributed by atoms with van der Waals surface area (Å²) in [6.45, 7) is 0.805. The molecular formula is C14H15N3O3. The van der Waals surface area contributed by atoms with Crippen LogP contribution in [0, 0.1) is 0 Å². The van der Waals surface area contributed by atoms with Crippen molar-refractivity contribution in [3.63, 3.8) is 0 Å². The predicted octanol–water partition coefficient (Wildman–Crippen LogP) is 0.509. The molecule has 1 aromatic carbocycles. The monoisotopic (exact) mass is 273 g/mol. The zero-order chi connectivity index (χ0) is 13.9. The number of hydrogen-bond acceptors (Lipinski definition) is 5. The lowest BCUT2D eigenvalue weighted by Crippen LogP contribution is -2.48. The predicted molar refractivity (Wildman–Crippen MR) is 72.2 cm³/mol. The maximum Gasteiger partial charge on any atom is 0.251 e. The molecule has 2 heterocycles. The SMILES string of the molecule is O=C(N[C@@H]1CCOC[C@H]1O)c1ccc2nccnc2c1. The third kappa shape index (κ3) is 2.61. The minimum atomic E-state index is -0.659. The van der Waals surface area contributed by atoms with Crippen LogP contribution < -0.4 is 5.32 Å². The van der Waals surface area contributed by atoms with Crippen molar-refractivity contribution in [2.45, 2.75) is 18.6 Å². The first-order valence-electron chi connectivity index (χ1n) is 6.51. The van der Waals surface area contributed by atoms with Crippen LogP contribution in [0.15, 0.2) is 30.6 Å². The molecule has 20 heavy (non-hydrogen) atoms. The molecule has 104 valence electrons. The molecule has 0 unspecified atom stereocenters. The number of aliphatic hydroxyl groups excluding tert-OH is 1. The van der Waals surface area contributed by atoms with Crippen LogP contribution in [0.5, 0.6) is 0 Å². The molecule has 6 nitrogen and oxygen atoms in total. The topological polar surface area (TPSA) is 84.3 Å². The molecule has 1 aliphatic rings. The van der Waals surface area contributed by atoms with E-state index in [0.29, 0.717) is 24.1 Å². The van der Waals surface area contributed by atoms with Crippen molar-refractivity contribution in [2.75, 3.05) is 13.2 Å². The summed E-state index contributed by atoms with van der Waals surface area (Å²) in [6.07, 6.45) is 3.15. The fourth-order valence-corrected chi connectivity index (χ4v) is 2.25. The number of nitrogens with one attached hydrogen (secondary N) is 1. The number of benzene rings is 1. The van der Waals surface area contributed by atoms with Gasteiger partial charge >= 0.3 is 0 Å². The molecular weight excluding hydrogens is 258 g/mol. The van der Waals surface area contributed by atoms with Crippen LogP contribution in [0.3, 0.4) is 0 Å². The Hall–Kier alpha value is -2.05. The maximum absolute atomic E-state index is 12.2. The Balaban J connectivity index is 1.78. The van der Waals surface area contributed by atoms with Gasteiger partial charge in [0.2, 0.25) is 0 Å². The standard InChI is InChI=1S/C14H15N3O3/c18-13-8-20-6-3-11(13)17-14(19)9-1-2-10-12(7-9)16-5-4-15-10/h1-2,4-5,7,11,13,18H,3,6,8H2,(H,17,19)/t11-,13-/m1/s1. The van der Waals surface area contributed by atoms with Gasteiger partial charge in [-0.05, 0) is 24.6 Å². The summed E-state index contributed by atoms with van der Waals surface area (Å²) < 4.78 is 5.14. The number of aromatic nitrogens is 2. The number of fused-ring (bicyclic) bond motifs is 1. The molecule has 1 aliphatic heterocycles. The van der Waals surface area contributed by atoms with E-state index in [0.717, 1.165) is 5.52 Å². The summed E-state index contributed by atoms with van der Waals surface area (Å²) in [5.41, 5.74) is 1.93. The van der Waals surface area contributed by atoms with Crippen molar-refractivity contribution >= 4 is 16.9 Å². The second-order valence-electron chi connectivity index (χ2n) is 4.77. The summed E-state index contributed by atoms with van der Waals surface area (Å²) >= 11 is 0. The molecule has 1 saturated heterocycles. The second-order valence-corrected chi connectivity index (χ2v) is 4.77. The number of aliphatic hydroxyl groups is 1. The van der Waals surface area contributed by atoms with Crippen molar-refractivity contribution in [2.24, 2.45) is 0 Å². The minimum Gasteiger partial charge on any atom is -0.389 e. The summed E-state index contributed by atoms with van der Waals surface area (Å²) in [5.74, 6) is -0.219. The van der Waals surface area contributed by atoms with E-state index < -0.39 is 6.10 Å². The normalized spacial score (nSPS) is 22.6. The molecule has 2 N–H and O–H groups in total. The molecule has 1 amide bonds. The molecule has 0 spiro atoms. The van der Waals surface area contributed by atoms with E-state index >= 15 is 0 Å². The van der Waals surface area contributed by atoms with Crippen LogP contribution in [0.1, 0.15) is 16.8 Å². The van der Waals surface area contributed by atoms with Gasteiger partial charge in [0.1, 0.15) is 0 Å². The molecule has 3 rings (SSSR count). The lowest BCUT2D eigenvalue weighted by Gasteiger charge is -2.28. The van der Waals surface area contributed by atoms with Crippen LogP contribution in [0.25, 0.3) is 11.0 Å². The number of hydrogen-bond donors (Lipinski definition) is 2. The van der Waals surface area contributed by atoms with Crippen LogP contribution in [-0.4, -0.2) is 46.3 Å². The molecule has 0 aliphatic carbocycles. The third-order valence-corrected chi connectivity index (χ3v) is 3.37. The minimum absolute atomic E-state index is 0.219. The summed E-state index contributed by atoms with van der Waals surface area (Å²) in [5, 5.41) is 12.6. The number of carbonyl (C=O) groups is 1. The van der Waals surface area contributed by atoms with Crippen molar-refractivity contribution in [1.29, 1.82) is 0 Å². The summed E-state index contributed by atoms with van der Waals surface area (Å²) in [7, 11) is 0. The van der Waals surface area contributed by atoms with Crippen molar-refractivity contribution in [1.82, 2.24) is 15.3 Å². The van der Waals surface area contributed by atoms with Crippen molar-refractivity contribution in [3.8, 4) is 0 Å². The molecule has 1 aromatic heterocycles. The smallest absolute Gasteiger partial charge is 0.251 e. The van der Waals surface area contributed by atoms with Gasteiger partial charge in [-0.1, -0.05) is 0 Å². The molecule has 1 fully saturated rings. The molecule has 0 saturated carbocycles. The highest BCUT2D eigenvalue weighted by molar-refractivity contribution is 5.97. The van der Waals surface area contributed by atoms with E-state index in [9.17, 15) is 9.90 Å². The van der Waals surface area contributed by atoms with Gasteiger partial charge in [-0.3, -0.25) is 14.8 Å². The quantitative estimate of drug-likeness (QED) is 0.833. The van der Waals surface area contributed by atoms with Gasteiger partial charge in [-0.2, -0.15) is 0 Å². The fraction of sp³-hybridized carbons (Fsp3) is 0.357. The fourth-order valence-electron chi connectivity index (χ4n) is 2.25. The Bertz CT molecular complexity index is 632. The number of amides is 1. The van der Waals surface area contributed by atoms with E-state index in [-0.39, 0.29) is 18.6 Å². The van der Waals surface area contributed by atoms with Gasteiger partial charge in [0.15, 0.2) is 0 Å². The van der Waals surface area contributed by atoms with Gasteiger partial charge in [0, 0.05) is 24.6 Å². The van der Waals surface area contributed by atoms with Crippen LogP contribution in [-0.2, 0) is 4.74 Å². The Morgan fingerprint density at radius 1 is 1.30 bits per heavy atom. The second kappa shape index (κ2) is 5.52. The van der Waals surface area contributed by atoms with Crippen LogP contribution in [0.2, 0.25) is 0 Å². The Labute approximate surface area is 115 Å². The lowest BCUT2D eigenvalue weighted by molar-refractivity contribution is -0.0260. The molecule has 2 atom stereocenters. The highest BCUT2D eigenvalue weighted by Crippen LogP contribution is 2.13. The Kier molecular flexibility index (Phi) is 3.58. The van der Waals surface area contributed by atoms with Crippen molar-refractivity contribution < 1.29 is 14.6 Å². The number of nitrogens with zero attached hydrogens (tertiary/aromatic N) is 2. The van der Waals surface area contributed by atoms with E-state index in [1.807, 2.05) is 0 Å². The average Bonchev–Trinajstić information content (AvgIpc) is 2.49. The first-order chi connectivity index (χ1) is 9.74. The van der Waals surface area contributed by atoms with Gasteiger partial charge in [-0.15, -0.1) is 0 Å². The Morgan fingerprint density at radius 2 is 2.10 bits per heavy atom. The summed E-state index contributed by atoms with van der Waals surface area (Å²) in [4.78, 5) is 20.5. The molecule has 2 aromatic rings. The first-order valence-corrected chi connectivity index (χ1v) is 6.51. The van der Waals surface area contributed by atoms with E-state index in [2.05, 4.69) is 15.3 Å². The number of ether oxygens (including phenoxy) is 1. The van der Waals surface area contributed by atoms with Crippen LogP contribution in [0.4, 0.5) is 0 Å². The number of rotatable bonds is 2. The molecule has 0 bridgehead atoms. The van der Waals surface area contributed by atoms with Gasteiger partial charge in [0.25, 0.3) is 5.91 Å². The highest BCUT2D eigenvalue weighted by atomic mass is 16.5. The van der Waals surface area contributed by atoms with E-state index in [1.165, 1.54) is 0 Å². The van der Waals surface area contributed by atoms with Gasteiger partial charge in [0.05, 0.1) is 29.8 Å². The van der Waals surface area contributed by atoms with E-state index in [4.69, 9.17) is 4.74 Å². The highest BCUT2D eigenvalue weighted by Gasteiger charge is 2.25. The third-order valence-electron chi connectivity index (χ3n) is 3.37. The first kappa shape index (κ1) is 13.0. The summed E-state index contributed by atoms with van der Waals surface area (Å²) in [6, 6.07) is 4.90. The zero-order valence-corrected chi connectivity index (χ0v) is 10.8. The zero-order valence-electron chi connectivity index (χ0n) is 10.8. The maximum atomic E-state index is 12.2. The van der Waals surface area contributed by atoms with Gasteiger partial charge < -0.3 is 15.2 Å². The lowest BCUT2D eigenvalue weighted by atomic mass is 10.1. The average molecular weight is 273 g/mol. The number of carbonyl (C=O) groups excluding carboxylic acids is 1. The van der Waals surface area contributed by atoms with Gasteiger partial charge in [-0.25, -0.2) is 0 Å². The Morgan fingerprint density at radius 3 is 2.90 bits per heavy atom. The molecule has 0 radical (unpaired) electrons. The van der Waals surface area contributed by atoms with E-state index in [1.54, 1.807) is 30.6 Å². The largest absolute Gasteiger partial charge is 0.389 e.